The predicted octanol–water partition coefficient (Wildman–Crippen LogP) is 2.96. The number of hydrogen-bond donors (Lipinski definition) is 1. The first kappa shape index (κ1) is 14.4. The van der Waals surface area contributed by atoms with E-state index in [9.17, 15) is 0 Å². The second-order valence-corrected chi connectivity index (χ2v) is 5.80. The van der Waals surface area contributed by atoms with E-state index in [4.69, 9.17) is 10.5 Å². The Kier molecular flexibility index (Phi) is 4.48. The van der Waals surface area contributed by atoms with E-state index in [0.29, 0.717) is 6.61 Å². The molecular weight excluding hydrogens is 236 g/mol. The van der Waals surface area contributed by atoms with Crippen molar-refractivity contribution in [2.24, 2.45) is 5.73 Å². The predicted molar refractivity (Wildman–Crippen MR) is 79.4 cm³/mol. The molecule has 1 aromatic rings. The van der Waals surface area contributed by atoms with Crippen molar-refractivity contribution in [3.63, 3.8) is 0 Å². The first-order valence-corrected chi connectivity index (χ1v) is 7.29. The summed E-state index contributed by atoms with van der Waals surface area (Å²) in [6.07, 6.45) is 2.56. The molecule has 0 aromatic heterocycles. The molecule has 0 saturated carbocycles. The fourth-order valence-corrected chi connectivity index (χ4v) is 2.90. The maximum Gasteiger partial charge on any atom is 0.124 e. The van der Waals surface area contributed by atoms with Gasteiger partial charge in [-0.1, -0.05) is 18.2 Å². The average Bonchev–Trinajstić information content (AvgIpc) is 2.93. The summed E-state index contributed by atoms with van der Waals surface area (Å²) < 4.78 is 5.72. The zero-order valence-corrected chi connectivity index (χ0v) is 12.4. The van der Waals surface area contributed by atoms with Crippen molar-refractivity contribution in [2.45, 2.75) is 45.2 Å². The summed E-state index contributed by atoms with van der Waals surface area (Å²) >= 11 is 0. The molecule has 0 bridgehead atoms. The van der Waals surface area contributed by atoms with Crippen LogP contribution < -0.4 is 10.5 Å². The van der Waals surface area contributed by atoms with Gasteiger partial charge in [0.1, 0.15) is 5.75 Å². The molecule has 0 amide bonds. The maximum absolute atomic E-state index is 6.56. The standard InChI is InChI=1S/C16H26N2O/c1-4-19-14-10-6-5-9-13(14)15(17)16(2,3)18-11-7-8-12-18/h5-6,9-10,15H,4,7-8,11-12,17H2,1-3H3. The molecule has 2 rings (SSSR count). The van der Waals surface area contributed by atoms with Gasteiger partial charge in [-0.2, -0.15) is 0 Å². The molecule has 2 N–H and O–H groups in total. The highest BCUT2D eigenvalue weighted by atomic mass is 16.5. The minimum atomic E-state index is -0.0380. The number of likely N-dealkylation sites (tertiary alicyclic amines) is 1. The second-order valence-electron chi connectivity index (χ2n) is 5.80. The van der Waals surface area contributed by atoms with Gasteiger partial charge in [-0.15, -0.1) is 0 Å². The normalized spacial score (nSPS) is 18.5. The zero-order valence-electron chi connectivity index (χ0n) is 12.4. The van der Waals surface area contributed by atoms with Gasteiger partial charge in [0.2, 0.25) is 0 Å². The van der Waals surface area contributed by atoms with Gasteiger partial charge in [0.05, 0.1) is 12.6 Å². The molecule has 3 heteroatoms. The highest BCUT2D eigenvalue weighted by Gasteiger charge is 2.36. The lowest BCUT2D eigenvalue weighted by Crippen LogP contribution is -2.50. The van der Waals surface area contributed by atoms with Gasteiger partial charge < -0.3 is 10.5 Å². The van der Waals surface area contributed by atoms with Crippen LogP contribution in [0.25, 0.3) is 0 Å². The van der Waals surface area contributed by atoms with Crippen LogP contribution in [0.15, 0.2) is 24.3 Å². The molecule has 106 valence electrons. The molecule has 19 heavy (non-hydrogen) atoms. The van der Waals surface area contributed by atoms with Gasteiger partial charge in [-0.05, 0) is 52.8 Å². The molecule has 1 aromatic carbocycles. The minimum Gasteiger partial charge on any atom is -0.494 e. The summed E-state index contributed by atoms with van der Waals surface area (Å²) in [5.74, 6) is 0.921. The van der Waals surface area contributed by atoms with E-state index in [1.807, 2.05) is 25.1 Å². The largest absolute Gasteiger partial charge is 0.494 e. The third-order valence-electron chi connectivity index (χ3n) is 4.24. The Labute approximate surface area is 116 Å². The molecule has 3 nitrogen and oxygen atoms in total. The number of ether oxygens (including phenoxy) is 1. The third-order valence-corrected chi connectivity index (χ3v) is 4.24. The van der Waals surface area contributed by atoms with Crippen molar-refractivity contribution < 1.29 is 4.74 Å². The van der Waals surface area contributed by atoms with Crippen molar-refractivity contribution in [3.05, 3.63) is 29.8 Å². The van der Waals surface area contributed by atoms with Crippen molar-refractivity contribution >= 4 is 0 Å². The smallest absolute Gasteiger partial charge is 0.124 e. The highest BCUT2D eigenvalue weighted by molar-refractivity contribution is 5.37. The fraction of sp³-hybridized carbons (Fsp3) is 0.625. The summed E-state index contributed by atoms with van der Waals surface area (Å²) in [6, 6.07) is 8.11. The molecular formula is C16H26N2O. The lowest BCUT2D eigenvalue weighted by molar-refractivity contribution is 0.122. The van der Waals surface area contributed by atoms with Crippen molar-refractivity contribution in [3.8, 4) is 5.75 Å². The molecule has 0 aliphatic carbocycles. The Balaban J connectivity index is 2.24. The summed E-state index contributed by atoms with van der Waals surface area (Å²) in [5.41, 5.74) is 7.64. The average molecular weight is 262 g/mol. The molecule has 1 aliphatic rings. The first-order valence-electron chi connectivity index (χ1n) is 7.29. The molecule has 1 unspecified atom stereocenters. The second kappa shape index (κ2) is 5.93. The lowest BCUT2D eigenvalue weighted by Gasteiger charge is -2.41. The van der Waals surface area contributed by atoms with Gasteiger partial charge in [-0.25, -0.2) is 0 Å². The van der Waals surface area contributed by atoms with Crippen LogP contribution in [0.1, 0.15) is 45.2 Å². The van der Waals surface area contributed by atoms with Crippen molar-refractivity contribution in [1.29, 1.82) is 0 Å². The van der Waals surface area contributed by atoms with Crippen LogP contribution in [0.2, 0.25) is 0 Å². The van der Waals surface area contributed by atoms with Gasteiger partial charge >= 0.3 is 0 Å². The maximum atomic E-state index is 6.56. The van der Waals surface area contributed by atoms with E-state index in [2.05, 4.69) is 24.8 Å². The molecule has 1 heterocycles. The fourth-order valence-electron chi connectivity index (χ4n) is 2.90. The summed E-state index contributed by atoms with van der Waals surface area (Å²) in [5, 5.41) is 0. The number of hydrogen-bond acceptors (Lipinski definition) is 3. The van der Waals surface area contributed by atoms with E-state index in [1.54, 1.807) is 0 Å². The van der Waals surface area contributed by atoms with E-state index >= 15 is 0 Å². The van der Waals surface area contributed by atoms with Crippen LogP contribution in [-0.4, -0.2) is 30.1 Å². The van der Waals surface area contributed by atoms with Gasteiger partial charge in [0, 0.05) is 11.1 Å². The van der Waals surface area contributed by atoms with Crippen LogP contribution in [0.5, 0.6) is 5.75 Å². The molecule has 1 atom stereocenters. The molecule has 1 saturated heterocycles. The number of para-hydroxylation sites is 1. The Bertz CT molecular complexity index is 411. The van der Waals surface area contributed by atoms with E-state index in [-0.39, 0.29) is 11.6 Å². The van der Waals surface area contributed by atoms with E-state index in [0.717, 1.165) is 24.4 Å². The summed E-state index contributed by atoms with van der Waals surface area (Å²) in [4.78, 5) is 2.50. The van der Waals surface area contributed by atoms with Gasteiger partial charge in [0.25, 0.3) is 0 Å². The quantitative estimate of drug-likeness (QED) is 0.886. The Morgan fingerprint density at radius 3 is 2.53 bits per heavy atom. The van der Waals surface area contributed by atoms with Crippen molar-refractivity contribution in [2.75, 3.05) is 19.7 Å². The van der Waals surface area contributed by atoms with Crippen LogP contribution in [0, 0.1) is 0 Å². The third kappa shape index (κ3) is 2.93. The monoisotopic (exact) mass is 262 g/mol. The van der Waals surface area contributed by atoms with Gasteiger partial charge in [-0.3, -0.25) is 4.90 Å². The lowest BCUT2D eigenvalue weighted by atomic mass is 9.87. The Hall–Kier alpha value is -1.06. The SMILES string of the molecule is CCOc1ccccc1C(N)C(C)(C)N1CCCC1. The van der Waals surface area contributed by atoms with E-state index in [1.165, 1.54) is 12.8 Å². The van der Waals surface area contributed by atoms with Crippen LogP contribution in [0.3, 0.4) is 0 Å². The highest BCUT2D eigenvalue weighted by Crippen LogP contribution is 2.35. The summed E-state index contributed by atoms with van der Waals surface area (Å²) in [7, 11) is 0. The zero-order chi connectivity index (χ0) is 13.9. The van der Waals surface area contributed by atoms with Crippen molar-refractivity contribution in [1.82, 2.24) is 4.90 Å². The number of nitrogens with zero attached hydrogens (tertiary/aromatic N) is 1. The first-order chi connectivity index (χ1) is 9.07. The topological polar surface area (TPSA) is 38.5 Å². The van der Waals surface area contributed by atoms with Crippen LogP contribution in [0.4, 0.5) is 0 Å². The van der Waals surface area contributed by atoms with Gasteiger partial charge in [0.15, 0.2) is 0 Å². The molecule has 1 aliphatic heterocycles. The van der Waals surface area contributed by atoms with E-state index < -0.39 is 0 Å². The Morgan fingerprint density at radius 2 is 1.89 bits per heavy atom. The number of rotatable bonds is 5. The molecule has 1 fully saturated rings. The molecule has 0 radical (unpaired) electrons. The summed E-state index contributed by atoms with van der Waals surface area (Å²) in [6.45, 7) is 9.47. The van der Waals surface area contributed by atoms with Crippen LogP contribution >= 0.6 is 0 Å². The number of nitrogens with two attached hydrogens (primary N) is 1. The van der Waals surface area contributed by atoms with Crippen LogP contribution in [-0.2, 0) is 0 Å². The minimum absolute atomic E-state index is 0.0339. The Morgan fingerprint density at radius 1 is 1.26 bits per heavy atom. The number of benzene rings is 1. The molecule has 0 spiro atoms.